The Morgan fingerprint density at radius 2 is 2.28 bits per heavy atom. The lowest BCUT2D eigenvalue weighted by atomic mass is 10.0. The van der Waals surface area contributed by atoms with Crippen LogP contribution in [0.15, 0.2) is 18.2 Å². The molecule has 1 aliphatic heterocycles. The third-order valence-corrected chi connectivity index (χ3v) is 3.69. The van der Waals surface area contributed by atoms with Crippen molar-refractivity contribution in [3.05, 3.63) is 28.8 Å². The highest BCUT2D eigenvalue weighted by atomic mass is 35.5. The third kappa shape index (κ3) is 2.60. The van der Waals surface area contributed by atoms with E-state index in [-0.39, 0.29) is 6.04 Å². The number of aryl methyl sites for hydroxylation is 1. The summed E-state index contributed by atoms with van der Waals surface area (Å²) in [6.07, 6.45) is 0.541. The molecule has 0 aliphatic carbocycles. The molecule has 18 heavy (non-hydrogen) atoms. The molecule has 0 bridgehead atoms. The van der Waals surface area contributed by atoms with Gasteiger partial charge in [-0.1, -0.05) is 11.6 Å². The molecule has 0 amide bonds. The monoisotopic (exact) mass is 263 g/mol. The standard InChI is InChI=1S/C14H18ClN3/c1-10-7-12(15)3-4-14(10)18-11(2)8-17-9-13(18)5-6-16/h3-4,7,11,13,17H,5,8-9H2,1-2H3. The molecule has 1 aliphatic rings. The summed E-state index contributed by atoms with van der Waals surface area (Å²) >= 11 is 6.01. The van der Waals surface area contributed by atoms with Crippen LogP contribution < -0.4 is 10.2 Å². The molecule has 1 aromatic carbocycles. The van der Waals surface area contributed by atoms with Crippen molar-refractivity contribution in [1.29, 1.82) is 5.26 Å². The normalized spacial score (nSPS) is 23.8. The van der Waals surface area contributed by atoms with Gasteiger partial charge >= 0.3 is 0 Å². The number of nitrogens with zero attached hydrogens (tertiary/aromatic N) is 2. The Bertz CT molecular complexity index is 467. The second kappa shape index (κ2) is 5.60. The Balaban J connectivity index is 2.34. The maximum absolute atomic E-state index is 8.96. The first kappa shape index (κ1) is 13.2. The summed E-state index contributed by atoms with van der Waals surface area (Å²) in [7, 11) is 0. The average Bonchev–Trinajstić information content (AvgIpc) is 2.31. The molecule has 96 valence electrons. The van der Waals surface area contributed by atoms with Gasteiger partial charge in [0.2, 0.25) is 0 Å². The molecular formula is C14H18ClN3. The number of hydrogen-bond acceptors (Lipinski definition) is 3. The quantitative estimate of drug-likeness (QED) is 0.892. The van der Waals surface area contributed by atoms with Crippen molar-refractivity contribution in [1.82, 2.24) is 5.32 Å². The molecule has 0 spiro atoms. The van der Waals surface area contributed by atoms with Crippen LogP contribution in [0.4, 0.5) is 5.69 Å². The van der Waals surface area contributed by atoms with Crippen molar-refractivity contribution in [2.75, 3.05) is 18.0 Å². The lowest BCUT2D eigenvalue weighted by Gasteiger charge is -2.42. The van der Waals surface area contributed by atoms with Crippen molar-refractivity contribution in [2.24, 2.45) is 0 Å². The van der Waals surface area contributed by atoms with E-state index in [1.807, 2.05) is 12.1 Å². The Morgan fingerprint density at radius 3 is 2.94 bits per heavy atom. The van der Waals surface area contributed by atoms with Gasteiger partial charge in [-0.2, -0.15) is 5.26 Å². The van der Waals surface area contributed by atoms with Gasteiger partial charge < -0.3 is 10.2 Å². The number of benzene rings is 1. The molecule has 1 N–H and O–H groups in total. The highest BCUT2D eigenvalue weighted by Gasteiger charge is 2.28. The highest BCUT2D eigenvalue weighted by molar-refractivity contribution is 6.30. The molecule has 1 aromatic rings. The van der Waals surface area contributed by atoms with Crippen LogP contribution in [-0.4, -0.2) is 25.2 Å². The lowest BCUT2D eigenvalue weighted by molar-refractivity contribution is 0.417. The van der Waals surface area contributed by atoms with Crippen LogP contribution >= 0.6 is 11.6 Å². The minimum atomic E-state index is 0.235. The molecule has 2 unspecified atom stereocenters. The fraction of sp³-hybridized carbons (Fsp3) is 0.500. The largest absolute Gasteiger partial charge is 0.362 e. The van der Waals surface area contributed by atoms with E-state index in [4.69, 9.17) is 16.9 Å². The Labute approximate surface area is 113 Å². The molecule has 4 heteroatoms. The number of hydrogen-bond donors (Lipinski definition) is 1. The number of halogens is 1. The van der Waals surface area contributed by atoms with Gasteiger partial charge in [0, 0.05) is 29.8 Å². The number of anilines is 1. The average molecular weight is 264 g/mol. The number of nitriles is 1. The molecule has 2 rings (SSSR count). The minimum absolute atomic E-state index is 0.235. The zero-order valence-electron chi connectivity index (χ0n) is 10.8. The highest BCUT2D eigenvalue weighted by Crippen LogP contribution is 2.28. The first-order valence-corrected chi connectivity index (χ1v) is 6.63. The van der Waals surface area contributed by atoms with Crippen LogP contribution in [0.3, 0.4) is 0 Å². The van der Waals surface area contributed by atoms with E-state index in [0.717, 1.165) is 18.1 Å². The van der Waals surface area contributed by atoms with Crippen molar-refractivity contribution >= 4 is 17.3 Å². The molecule has 1 heterocycles. The van der Waals surface area contributed by atoms with E-state index >= 15 is 0 Å². The van der Waals surface area contributed by atoms with Crippen molar-refractivity contribution in [3.63, 3.8) is 0 Å². The topological polar surface area (TPSA) is 39.1 Å². The zero-order chi connectivity index (χ0) is 13.1. The van der Waals surface area contributed by atoms with Gasteiger partial charge in [0.05, 0.1) is 18.5 Å². The lowest BCUT2D eigenvalue weighted by Crippen LogP contribution is -2.56. The molecule has 2 atom stereocenters. The molecule has 1 fully saturated rings. The smallest absolute Gasteiger partial charge is 0.0643 e. The third-order valence-electron chi connectivity index (χ3n) is 3.45. The van der Waals surface area contributed by atoms with Crippen LogP contribution in [0.1, 0.15) is 18.9 Å². The summed E-state index contributed by atoms with van der Waals surface area (Å²) in [6.45, 7) is 6.06. The van der Waals surface area contributed by atoms with Crippen LogP contribution in [0.25, 0.3) is 0 Å². The summed E-state index contributed by atoms with van der Waals surface area (Å²) in [5.41, 5.74) is 2.35. The summed E-state index contributed by atoms with van der Waals surface area (Å²) in [4.78, 5) is 2.35. The Morgan fingerprint density at radius 1 is 1.50 bits per heavy atom. The first-order chi connectivity index (χ1) is 8.63. The summed E-state index contributed by atoms with van der Waals surface area (Å²) in [5.74, 6) is 0. The maximum Gasteiger partial charge on any atom is 0.0643 e. The SMILES string of the molecule is Cc1cc(Cl)ccc1N1C(C)CNCC1CC#N. The van der Waals surface area contributed by atoms with E-state index in [9.17, 15) is 0 Å². The predicted molar refractivity (Wildman–Crippen MR) is 75.0 cm³/mol. The Hall–Kier alpha value is -1.24. The zero-order valence-corrected chi connectivity index (χ0v) is 11.5. The Kier molecular flexibility index (Phi) is 4.11. The fourth-order valence-corrected chi connectivity index (χ4v) is 2.86. The second-order valence-electron chi connectivity index (χ2n) is 4.86. The molecule has 3 nitrogen and oxygen atoms in total. The number of nitrogens with one attached hydrogen (secondary N) is 1. The van der Waals surface area contributed by atoms with Crippen LogP contribution in [0.2, 0.25) is 5.02 Å². The molecule has 0 radical (unpaired) electrons. The first-order valence-electron chi connectivity index (χ1n) is 6.25. The minimum Gasteiger partial charge on any atom is -0.362 e. The van der Waals surface area contributed by atoms with E-state index in [1.165, 1.54) is 11.3 Å². The van der Waals surface area contributed by atoms with E-state index in [2.05, 4.69) is 36.2 Å². The van der Waals surface area contributed by atoms with E-state index < -0.39 is 0 Å². The second-order valence-corrected chi connectivity index (χ2v) is 5.30. The van der Waals surface area contributed by atoms with E-state index in [1.54, 1.807) is 0 Å². The number of piperazine rings is 1. The maximum atomic E-state index is 8.96. The van der Waals surface area contributed by atoms with Gasteiger partial charge in [0.1, 0.15) is 0 Å². The van der Waals surface area contributed by atoms with Gasteiger partial charge in [-0.25, -0.2) is 0 Å². The molecule has 0 aromatic heterocycles. The summed E-state index contributed by atoms with van der Waals surface area (Å²) < 4.78 is 0. The van der Waals surface area contributed by atoms with Gasteiger partial charge in [-0.3, -0.25) is 0 Å². The summed E-state index contributed by atoms with van der Waals surface area (Å²) in [5, 5.41) is 13.1. The predicted octanol–water partition coefficient (Wildman–Crippen LogP) is 2.73. The van der Waals surface area contributed by atoms with Crippen molar-refractivity contribution < 1.29 is 0 Å². The van der Waals surface area contributed by atoms with Gasteiger partial charge in [-0.05, 0) is 37.6 Å². The van der Waals surface area contributed by atoms with Gasteiger partial charge in [0.25, 0.3) is 0 Å². The molecule has 0 saturated carbocycles. The molecular weight excluding hydrogens is 246 g/mol. The molecule has 1 saturated heterocycles. The van der Waals surface area contributed by atoms with Crippen molar-refractivity contribution in [2.45, 2.75) is 32.4 Å². The number of rotatable bonds is 2. The van der Waals surface area contributed by atoms with Crippen LogP contribution in [0, 0.1) is 18.3 Å². The van der Waals surface area contributed by atoms with Crippen LogP contribution in [-0.2, 0) is 0 Å². The van der Waals surface area contributed by atoms with Gasteiger partial charge in [0.15, 0.2) is 0 Å². The fourth-order valence-electron chi connectivity index (χ4n) is 2.63. The summed E-state index contributed by atoms with van der Waals surface area (Å²) in [6, 6.07) is 8.86. The van der Waals surface area contributed by atoms with Crippen LogP contribution in [0.5, 0.6) is 0 Å². The van der Waals surface area contributed by atoms with Gasteiger partial charge in [-0.15, -0.1) is 0 Å². The van der Waals surface area contributed by atoms with E-state index in [0.29, 0.717) is 12.5 Å². The van der Waals surface area contributed by atoms with Crippen molar-refractivity contribution in [3.8, 4) is 6.07 Å².